The molecule has 0 aliphatic heterocycles. The molecule has 0 aliphatic carbocycles. The third-order valence-corrected chi connectivity index (χ3v) is 4.99. The van der Waals surface area contributed by atoms with Gasteiger partial charge < -0.3 is 26.2 Å². The van der Waals surface area contributed by atoms with Crippen molar-refractivity contribution in [2.45, 2.75) is 45.1 Å². The molecule has 0 bridgehead atoms. The number of nitrogens with zero attached hydrogens (tertiary/aromatic N) is 3. The third kappa shape index (κ3) is 16.4. The second-order valence-electron chi connectivity index (χ2n) is 7.82. The summed E-state index contributed by atoms with van der Waals surface area (Å²) in [6, 6.07) is -0.143. The lowest BCUT2D eigenvalue weighted by atomic mass is 10.1. The maximum atomic E-state index is 11.3. The molecule has 0 radical (unpaired) electrons. The van der Waals surface area contributed by atoms with E-state index in [1.807, 2.05) is 11.8 Å². The molecule has 32 heavy (non-hydrogen) atoms. The van der Waals surface area contributed by atoms with Crippen LogP contribution in [0.4, 0.5) is 0 Å². The number of rotatable bonds is 21. The van der Waals surface area contributed by atoms with E-state index in [0.717, 1.165) is 0 Å². The molecule has 12 nitrogen and oxygen atoms in total. The average molecular weight is 463 g/mol. The summed E-state index contributed by atoms with van der Waals surface area (Å²) in [7, 11) is 0. The first-order valence-corrected chi connectivity index (χ1v) is 10.8. The van der Waals surface area contributed by atoms with E-state index >= 15 is 0 Å². The average Bonchev–Trinajstić information content (AvgIpc) is 2.66. The number of nitrogens with two attached hydrogens (primary N) is 1. The molecule has 0 spiro atoms. The summed E-state index contributed by atoms with van der Waals surface area (Å²) in [6.07, 6.45) is 1.99. The fourth-order valence-corrected chi connectivity index (χ4v) is 3.40. The number of carbonyl (C=O) groups is 4. The van der Waals surface area contributed by atoms with Crippen LogP contribution in [-0.2, 0) is 19.2 Å². The first kappa shape index (κ1) is 29.7. The van der Waals surface area contributed by atoms with Crippen LogP contribution in [0.3, 0.4) is 0 Å². The van der Waals surface area contributed by atoms with Crippen LogP contribution < -0.4 is 5.73 Å². The van der Waals surface area contributed by atoms with Gasteiger partial charge in [-0.15, -0.1) is 0 Å². The number of hydrogen-bond donors (Lipinski definition) is 5. The van der Waals surface area contributed by atoms with Crippen molar-refractivity contribution in [1.29, 1.82) is 0 Å². The van der Waals surface area contributed by atoms with Crippen LogP contribution in [0.15, 0.2) is 0 Å². The van der Waals surface area contributed by atoms with E-state index in [4.69, 9.17) is 21.1 Å². The van der Waals surface area contributed by atoms with Crippen molar-refractivity contribution in [2.75, 3.05) is 58.9 Å². The van der Waals surface area contributed by atoms with Gasteiger partial charge >= 0.3 is 23.9 Å². The van der Waals surface area contributed by atoms with Gasteiger partial charge in [0.1, 0.15) is 0 Å². The van der Waals surface area contributed by atoms with Crippen LogP contribution in [0.25, 0.3) is 0 Å². The summed E-state index contributed by atoms with van der Waals surface area (Å²) < 4.78 is 0. The lowest BCUT2D eigenvalue weighted by Gasteiger charge is -2.33. The quantitative estimate of drug-likeness (QED) is 0.138. The van der Waals surface area contributed by atoms with E-state index in [0.29, 0.717) is 58.5 Å². The first-order valence-electron chi connectivity index (χ1n) is 10.8. The highest BCUT2D eigenvalue weighted by molar-refractivity contribution is 5.69. The Morgan fingerprint density at radius 3 is 1.78 bits per heavy atom. The summed E-state index contributed by atoms with van der Waals surface area (Å²) in [5.74, 6) is -3.77. The van der Waals surface area contributed by atoms with Crippen molar-refractivity contribution in [1.82, 2.24) is 14.7 Å². The third-order valence-electron chi connectivity index (χ3n) is 4.99. The Balaban J connectivity index is 4.96. The number of unbranched alkanes of at least 4 members (excludes halogenated alkanes) is 2. The SMILES string of the molecule is CC(CN(CCN(CCN)CC(=O)O)CC(=O)O)N(CCCCCC(=O)O)CCC(=O)O. The van der Waals surface area contributed by atoms with E-state index in [9.17, 15) is 24.3 Å². The molecule has 6 N–H and O–H groups in total. The Morgan fingerprint density at radius 1 is 0.688 bits per heavy atom. The van der Waals surface area contributed by atoms with Gasteiger partial charge in [0.05, 0.1) is 19.5 Å². The van der Waals surface area contributed by atoms with Crippen molar-refractivity contribution in [3.05, 3.63) is 0 Å². The smallest absolute Gasteiger partial charge is 0.317 e. The van der Waals surface area contributed by atoms with Crippen LogP contribution in [0.2, 0.25) is 0 Å². The molecule has 1 atom stereocenters. The van der Waals surface area contributed by atoms with E-state index in [-0.39, 0.29) is 38.5 Å². The highest BCUT2D eigenvalue weighted by atomic mass is 16.4. The maximum Gasteiger partial charge on any atom is 0.317 e. The fourth-order valence-electron chi connectivity index (χ4n) is 3.40. The monoisotopic (exact) mass is 462 g/mol. The Bertz CT molecular complexity index is 590. The van der Waals surface area contributed by atoms with Gasteiger partial charge in [0.15, 0.2) is 0 Å². The molecule has 0 aromatic carbocycles. The largest absolute Gasteiger partial charge is 0.481 e. The fraction of sp³-hybridized carbons (Fsp3) is 0.800. The zero-order valence-corrected chi connectivity index (χ0v) is 18.8. The van der Waals surface area contributed by atoms with E-state index in [1.165, 1.54) is 0 Å². The normalized spacial score (nSPS) is 12.4. The van der Waals surface area contributed by atoms with Crippen LogP contribution in [-0.4, -0.2) is 124 Å². The van der Waals surface area contributed by atoms with Gasteiger partial charge in [0.25, 0.3) is 0 Å². The minimum atomic E-state index is -1.01. The Labute approximate surface area is 188 Å². The van der Waals surface area contributed by atoms with Crippen LogP contribution in [0.1, 0.15) is 39.0 Å². The highest BCUT2D eigenvalue weighted by Crippen LogP contribution is 2.09. The molecule has 0 saturated heterocycles. The predicted molar refractivity (Wildman–Crippen MR) is 117 cm³/mol. The Morgan fingerprint density at radius 2 is 1.25 bits per heavy atom. The summed E-state index contributed by atoms with van der Waals surface area (Å²) >= 11 is 0. The lowest BCUT2D eigenvalue weighted by molar-refractivity contribution is -0.140. The molecule has 186 valence electrons. The molecule has 0 amide bonds. The standard InChI is InChI=1S/C20H38N4O8/c1-16(24(9-6-18(27)28)8-4-2-3-5-17(25)26)13-23(15-20(31)32)12-11-22(10-7-21)14-19(29)30/h16H,2-15,21H2,1H3,(H,25,26)(H,27,28)(H,29,30)(H,31,32). The number of carboxylic acids is 4. The molecular weight excluding hydrogens is 424 g/mol. The molecule has 12 heteroatoms. The van der Waals surface area contributed by atoms with E-state index < -0.39 is 23.9 Å². The number of aliphatic carboxylic acids is 4. The Hall–Kier alpha value is -2.28. The van der Waals surface area contributed by atoms with Crippen molar-refractivity contribution >= 4 is 23.9 Å². The first-order chi connectivity index (χ1) is 15.0. The van der Waals surface area contributed by atoms with Gasteiger partial charge in [-0.2, -0.15) is 0 Å². The summed E-state index contributed by atoms with van der Waals surface area (Å²) in [5.41, 5.74) is 5.53. The molecule has 0 saturated carbocycles. The molecule has 0 heterocycles. The van der Waals surface area contributed by atoms with Gasteiger partial charge in [-0.3, -0.25) is 33.9 Å². The van der Waals surface area contributed by atoms with Crippen molar-refractivity contribution in [3.63, 3.8) is 0 Å². The predicted octanol–water partition coefficient (Wildman–Crippen LogP) is -0.471. The van der Waals surface area contributed by atoms with Gasteiger partial charge in [-0.1, -0.05) is 6.42 Å². The highest BCUT2D eigenvalue weighted by Gasteiger charge is 2.21. The Kier molecular flexibility index (Phi) is 16.1. The van der Waals surface area contributed by atoms with Gasteiger partial charge in [-0.05, 0) is 26.3 Å². The summed E-state index contributed by atoms with van der Waals surface area (Å²) in [5, 5.41) is 36.0. The topological polar surface area (TPSA) is 185 Å². The zero-order chi connectivity index (χ0) is 24.5. The molecular formula is C20H38N4O8. The molecule has 0 aromatic heterocycles. The lowest BCUT2D eigenvalue weighted by Crippen LogP contribution is -2.47. The van der Waals surface area contributed by atoms with Crippen LogP contribution in [0.5, 0.6) is 0 Å². The number of carboxylic acid groups (broad SMARTS) is 4. The molecule has 0 aromatic rings. The minimum Gasteiger partial charge on any atom is -0.481 e. The second kappa shape index (κ2) is 17.3. The van der Waals surface area contributed by atoms with Crippen LogP contribution in [0, 0.1) is 0 Å². The number of hydrogen-bond acceptors (Lipinski definition) is 8. The summed E-state index contributed by atoms with van der Waals surface area (Å²) in [6.45, 7) is 4.06. The maximum absolute atomic E-state index is 11.3. The van der Waals surface area contributed by atoms with Crippen LogP contribution >= 0.6 is 0 Å². The molecule has 0 aliphatic rings. The van der Waals surface area contributed by atoms with Gasteiger partial charge in [0.2, 0.25) is 0 Å². The summed E-state index contributed by atoms with van der Waals surface area (Å²) in [4.78, 5) is 49.3. The van der Waals surface area contributed by atoms with Crippen molar-refractivity contribution < 1.29 is 39.6 Å². The van der Waals surface area contributed by atoms with E-state index in [1.54, 1.807) is 9.80 Å². The van der Waals surface area contributed by atoms with E-state index in [2.05, 4.69) is 0 Å². The molecule has 0 rings (SSSR count). The molecule has 1 unspecified atom stereocenters. The minimum absolute atomic E-state index is 0.0543. The van der Waals surface area contributed by atoms with Crippen molar-refractivity contribution in [2.24, 2.45) is 5.73 Å². The zero-order valence-electron chi connectivity index (χ0n) is 18.8. The van der Waals surface area contributed by atoms with Crippen molar-refractivity contribution in [3.8, 4) is 0 Å². The second-order valence-corrected chi connectivity index (χ2v) is 7.82. The van der Waals surface area contributed by atoms with Gasteiger partial charge in [0, 0.05) is 51.7 Å². The molecule has 0 fully saturated rings. The van der Waals surface area contributed by atoms with Gasteiger partial charge in [-0.25, -0.2) is 0 Å².